The van der Waals surface area contributed by atoms with Gasteiger partial charge in [-0.3, -0.25) is 4.79 Å². The Morgan fingerprint density at radius 1 is 0.893 bits per heavy atom. The molecule has 3 aliphatic heterocycles. The molecule has 0 aliphatic carbocycles. The maximum Gasteiger partial charge on any atom is 0.228 e. The second kappa shape index (κ2) is 7.12. The van der Waals surface area contributed by atoms with Gasteiger partial charge in [-0.15, -0.1) is 0 Å². The highest BCUT2D eigenvalue weighted by Crippen LogP contribution is 2.38. The third-order valence-electron chi connectivity index (χ3n) is 6.55. The largest absolute Gasteiger partial charge is 0.365 e. The number of para-hydroxylation sites is 2. The Balaban J connectivity index is 1.48. The molecule has 1 amide bonds. The van der Waals surface area contributed by atoms with Gasteiger partial charge in [0.05, 0.1) is 17.6 Å². The summed E-state index contributed by atoms with van der Waals surface area (Å²) in [5.74, 6) is 0.0227. The van der Waals surface area contributed by atoms with Gasteiger partial charge in [0, 0.05) is 38.4 Å². The van der Waals surface area contributed by atoms with Crippen molar-refractivity contribution in [1.82, 2.24) is 4.90 Å². The Morgan fingerprint density at radius 2 is 1.61 bits per heavy atom. The molecule has 0 bridgehead atoms. The molecule has 2 fully saturated rings. The number of likely N-dealkylation sites (tertiary alicyclic amines) is 1. The fraction of sp³-hybridized carbons (Fsp3) is 0.435. The first-order chi connectivity index (χ1) is 13.7. The molecule has 0 radical (unpaired) electrons. The van der Waals surface area contributed by atoms with Crippen LogP contribution in [-0.4, -0.2) is 49.6 Å². The standard InChI is InChI=1S/C23H26FN3O/c24-19-8-2-4-10-21(19)26-13-14-27-20-9-3-1-7-17(20)15-18(22(27)16-26)23(28)25-11-5-6-12-25/h1-4,7-10,18,22H,5-6,11-16H2/t18-,22-/m0/s1. The Labute approximate surface area is 165 Å². The molecule has 2 saturated heterocycles. The highest BCUT2D eigenvalue weighted by Gasteiger charge is 2.43. The van der Waals surface area contributed by atoms with Crippen LogP contribution < -0.4 is 9.80 Å². The lowest BCUT2D eigenvalue weighted by Gasteiger charge is -2.50. The van der Waals surface area contributed by atoms with Gasteiger partial charge in [0.1, 0.15) is 5.82 Å². The topological polar surface area (TPSA) is 26.8 Å². The highest BCUT2D eigenvalue weighted by atomic mass is 19.1. The molecule has 4 nitrogen and oxygen atoms in total. The monoisotopic (exact) mass is 379 g/mol. The van der Waals surface area contributed by atoms with E-state index in [0.717, 1.165) is 45.4 Å². The van der Waals surface area contributed by atoms with E-state index < -0.39 is 0 Å². The first-order valence-corrected chi connectivity index (χ1v) is 10.4. The molecule has 2 aromatic carbocycles. The fourth-order valence-electron chi connectivity index (χ4n) is 5.14. The normalized spacial score (nSPS) is 24.1. The number of carbonyl (C=O) groups is 1. The predicted octanol–water partition coefficient (Wildman–Crippen LogP) is 3.32. The summed E-state index contributed by atoms with van der Waals surface area (Å²) in [5.41, 5.74) is 3.15. The van der Waals surface area contributed by atoms with Crippen LogP contribution in [-0.2, 0) is 11.2 Å². The molecule has 0 unspecified atom stereocenters. The van der Waals surface area contributed by atoms with Gasteiger partial charge in [-0.25, -0.2) is 4.39 Å². The number of anilines is 2. The van der Waals surface area contributed by atoms with Crippen molar-refractivity contribution in [3.8, 4) is 0 Å². The third-order valence-corrected chi connectivity index (χ3v) is 6.55. The molecule has 0 saturated carbocycles. The van der Waals surface area contributed by atoms with Crippen LogP contribution >= 0.6 is 0 Å². The number of nitrogens with zero attached hydrogens (tertiary/aromatic N) is 3. The third kappa shape index (κ3) is 2.93. The number of hydrogen-bond donors (Lipinski definition) is 0. The van der Waals surface area contributed by atoms with E-state index in [2.05, 4.69) is 34.1 Å². The van der Waals surface area contributed by atoms with E-state index in [4.69, 9.17) is 0 Å². The molecule has 28 heavy (non-hydrogen) atoms. The minimum Gasteiger partial charge on any atom is -0.365 e. The zero-order chi connectivity index (χ0) is 19.1. The second-order valence-electron chi connectivity index (χ2n) is 8.13. The number of rotatable bonds is 2. The molecule has 0 N–H and O–H groups in total. The molecule has 146 valence electrons. The molecule has 0 aromatic heterocycles. The van der Waals surface area contributed by atoms with Crippen LogP contribution in [0, 0.1) is 11.7 Å². The van der Waals surface area contributed by atoms with Gasteiger partial charge in [0.25, 0.3) is 0 Å². The predicted molar refractivity (Wildman–Crippen MR) is 109 cm³/mol. The van der Waals surface area contributed by atoms with Crippen molar-refractivity contribution in [1.29, 1.82) is 0 Å². The highest BCUT2D eigenvalue weighted by molar-refractivity contribution is 5.82. The number of hydrogen-bond acceptors (Lipinski definition) is 3. The number of benzene rings is 2. The van der Waals surface area contributed by atoms with E-state index >= 15 is 0 Å². The van der Waals surface area contributed by atoms with Gasteiger partial charge >= 0.3 is 0 Å². The quantitative estimate of drug-likeness (QED) is 0.801. The summed E-state index contributed by atoms with van der Waals surface area (Å²) < 4.78 is 14.4. The maximum absolute atomic E-state index is 14.4. The smallest absolute Gasteiger partial charge is 0.228 e. The summed E-state index contributed by atoms with van der Waals surface area (Å²) in [6, 6.07) is 15.5. The van der Waals surface area contributed by atoms with Gasteiger partial charge in [0.2, 0.25) is 5.91 Å². The molecular weight excluding hydrogens is 353 g/mol. The van der Waals surface area contributed by atoms with Gasteiger partial charge in [-0.05, 0) is 43.0 Å². The summed E-state index contributed by atoms with van der Waals surface area (Å²) >= 11 is 0. The number of piperazine rings is 1. The first-order valence-electron chi connectivity index (χ1n) is 10.4. The molecule has 5 rings (SSSR count). The molecule has 3 aliphatic rings. The summed E-state index contributed by atoms with van der Waals surface area (Å²) in [6.07, 6.45) is 2.98. The average molecular weight is 379 g/mol. The SMILES string of the molecule is O=C([C@H]1Cc2ccccc2N2CCN(c3ccccc3F)C[C@@H]12)N1CCCC1. The van der Waals surface area contributed by atoms with Gasteiger partial charge in [-0.1, -0.05) is 30.3 Å². The lowest BCUT2D eigenvalue weighted by atomic mass is 9.83. The molecule has 5 heteroatoms. The van der Waals surface area contributed by atoms with E-state index in [1.54, 1.807) is 6.07 Å². The fourth-order valence-corrected chi connectivity index (χ4v) is 5.14. The molecule has 2 atom stereocenters. The van der Waals surface area contributed by atoms with Crippen molar-refractivity contribution < 1.29 is 9.18 Å². The van der Waals surface area contributed by atoms with Crippen molar-refractivity contribution in [2.45, 2.75) is 25.3 Å². The molecule has 2 aromatic rings. The average Bonchev–Trinajstić information content (AvgIpc) is 3.27. The van der Waals surface area contributed by atoms with Crippen LogP contribution in [0.5, 0.6) is 0 Å². The van der Waals surface area contributed by atoms with Gasteiger partial charge < -0.3 is 14.7 Å². The summed E-state index contributed by atoms with van der Waals surface area (Å²) in [6.45, 7) is 4.00. The van der Waals surface area contributed by atoms with Crippen molar-refractivity contribution in [2.75, 3.05) is 42.5 Å². The van der Waals surface area contributed by atoms with Crippen LogP contribution in [0.25, 0.3) is 0 Å². The lowest BCUT2D eigenvalue weighted by molar-refractivity contribution is -0.135. The Hall–Kier alpha value is -2.56. The van der Waals surface area contributed by atoms with Crippen LogP contribution in [0.1, 0.15) is 18.4 Å². The van der Waals surface area contributed by atoms with E-state index in [-0.39, 0.29) is 23.7 Å². The zero-order valence-corrected chi connectivity index (χ0v) is 16.1. The minimum atomic E-state index is -0.186. The number of amides is 1. The van der Waals surface area contributed by atoms with Gasteiger partial charge in [-0.2, -0.15) is 0 Å². The van der Waals surface area contributed by atoms with Crippen molar-refractivity contribution in [3.05, 3.63) is 59.9 Å². The summed E-state index contributed by atoms with van der Waals surface area (Å²) in [4.78, 5) is 19.9. The zero-order valence-electron chi connectivity index (χ0n) is 16.1. The summed E-state index contributed by atoms with van der Waals surface area (Å²) in [7, 11) is 0. The maximum atomic E-state index is 14.4. The van der Waals surface area contributed by atoms with Crippen molar-refractivity contribution in [3.63, 3.8) is 0 Å². The molecule has 3 heterocycles. The minimum absolute atomic E-state index is 0.0671. The van der Waals surface area contributed by atoms with E-state index in [1.807, 2.05) is 17.0 Å². The van der Waals surface area contributed by atoms with E-state index in [1.165, 1.54) is 17.3 Å². The number of halogens is 1. The van der Waals surface area contributed by atoms with Crippen molar-refractivity contribution in [2.24, 2.45) is 5.92 Å². The molecular formula is C23H26FN3O. The number of fused-ring (bicyclic) bond motifs is 3. The van der Waals surface area contributed by atoms with Crippen LogP contribution in [0.3, 0.4) is 0 Å². The molecule has 0 spiro atoms. The lowest BCUT2D eigenvalue weighted by Crippen LogP contribution is -2.61. The van der Waals surface area contributed by atoms with Crippen LogP contribution in [0.4, 0.5) is 15.8 Å². The summed E-state index contributed by atoms with van der Waals surface area (Å²) in [5, 5.41) is 0. The number of carbonyl (C=O) groups excluding carboxylic acids is 1. The van der Waals surface area contributed by atoms with Crippen LogP contribution in [0.15, 0.2) is 48.5 Å². The van der Waals surface area contributed by atoms with E-state index in [9.17, 15) is 9.18 Å². The Kier molecular flexibility index (Phi) is 4.46. The first kappa shape index (κ1) is 17.5. The second-order valence-corrected chi connectivity index (χ2v) is 8.13. The Morgan fingerprint density at radius 3 is 2.39 bits per heavy atom. The van der Waals surface area contributed by atoms with Crippen LogP contribution in [0.2, 0.25) is 0 Å². The van der Waals surface area contributed by atoms with Gasteiger partial charge in [0.15, 0.2) is 0 Å². The van der Waals surface area contributed by atoms with E-state index in [0.29, 0.717) is 12.2 Å². The van der Waals surface area contributed by atoms with Crippen molar-refractivity contribution >= 4 is 17.3 Å². The Bertz CT molecular complexity index is 880.